The van der Waals surface area contributed by atoms with E-state index in [1.54, 1.807) is 23.7 Å². The number of ether oxygens (including phenoxy) is 2. The van der Waals surface area contributed by atoms with E-state index in [0.29, 0.717) is 23.7 Å². The van der Waals surface area contributed by atoms with Crippen molar-refractivity contribution in [3.05, 3.63) is 59.9 Å². The van der Waals surface area contributed by atoms with Gasteiger partial charge in [-0.05, 0) is 56.2 Å². The number of carbonyl (C=O) groups is 1. The molecule has 1 saturated heterocycles. The number of aromatic nitrogens is 2. The fourth-order valence-electron chi connectivity index (χ4n) is 4.04. The highest BCUT2D eigenvalue weighted by Gasteiger charge is 2.21. The molecule has 0 atom stereocenters. The molecule has 2 heterocycles. The lowest BCUT2D eigenvalue weighted by atomic mass is 10.1. The molecule has 0 amide bonds. The smallest absolute Gasteiger partial charge is 0.332 e. The number of anilines is 2. The Morgan fingerprint density at radius 3 is 2.53 bits per heavy atom. The third kappa shape index (κ3) is 5.18. The van der Waals surface area contributed by atoms with Crippen LogP contribution < -0.4 is 10.6 Å². The number of nitriles is 1. The second kappa shape index (κ2) is 10.4. The Kier molecular flexibility index (Phi) is 7.09. The molecule has 1 aliphatic heterocycles. The molecule has 0 unspecified atom stereocenters. The van der Waals surface area contributed by atoms with Crippen molar-refractivity contribution in [1.29, 1.82) is 5.26 Å². The zero-order chi connectivity index (χ0) is 24.1. The molecule has 4 rings (SSSR count). The third-order valence-corrected chi connectivity index (χ3v) is 5.76. The monoisotopic (exact) mass is 463 g/mol. The molecule has 3 aromatic rings. The number of esters is 1. The lowest BCUT2D eigenvalue weighted by molar-refractivity contribution is -0.150. The molecule has 1 fully saturated rings. The Hall–Kier alpha value is -3.90. The Morgan fingerprint density at radius 2 is 1.88 bits per heavy atom. The predicted molar refractivity (Wildman–Crippen MR) is 126 cm³/mol. The van der Waals surface area contributed by atoms with Crippen molar-refractivity contribution in [2.75, 3.05) is 36.9 Å². The second-order valence-electron chi connectivity index (χ2n) is 7.99. The maximum Gasteiger partial charge on any atom is 0.332 e. The first-order valence-corrected chi connectivity index (χ1v) is 11.2. The maximum atomic E-state index is 14.2. The van der Waals surface area contributed by atoms with E-state index < -0.39 is 5.82 Å². The minimum atomic E-state index is -0.587. The number of halogens is 1. The zero-order valence-corrected chi connectivity index (χ0v) is 18.9. The van der Waals surface area contributed by atoms with E-state index in [2.05, 4.69) is 10.00 Å². The van der Waals surface area contributed by atoms with E-state index in [1.165, 1.54) is 12.1 Å². The van der Waals surface area contributed by atoms with Crippen LogP contribution in [0.5, 0.6) is 0 Å². The lowest BCUT2D eigenvalue weighted by Crippen LogP contribution is -2.37. The molecule has 8 nitrogen and oxygen atoms in total. The first kappa shape index (κ1) is 23.3. The number of benzene rings is 2. The first-order valence-electron chi connectivity index (χ1n) is 11.2. The number of piperidine rings is 1. The Morgan fingerprint density at radius 1 is 1.18 bits per heavy atom. The van der Waals surface area contributed by atoms with Gasteiger partial charge in [-0.15, -0.1) is 0 Å². The summed E-state index contributed by atoms with van der Waals surface area (Å²) >= 11 is 0. The summed E-state index contributed by atoms with van der Waals surface area (Å²) in [5, 5.41) is 13.3. The van der Waals surface area contributed by atoms with Crippen molar-refractivity contribution in [2.45, 2.75) is 25.9 Å². The number of hydrogen-bond donors (Lipinski definition) is 1. The molecule has 176 valence electrons. The molecular formula is C25H26FN5O3. The van der Waals surface area contributed by atoms with Crippen LogP contribution in [0.15, 0.2) is 48.5 Å². The van der Waals surface area contributed by atoms with Crippen LogP contribution in [0.2, 0.25) is 0 Å². The van der Waals surface area contributed by atoms with Gasteiger partial charge in [0.05, 0.1) is 29.7 Å². The van der Waals surface area contributed by atoms with Gasteiger partial charge in [0.1, 0.15) is 24.3 Å². The summed E-state index contributed by atoms with van der Waals surface area (Å²) < 4.78 is 26.4. The van der Waals surface area contributed by atoms with Gasteiger partial charge < -0.3 is 20.1 Å². The van der Waals surface area contributed by atoms with Crippen LogP contribution in [0.25, 0.3) is 16.9 Å². The van der Waals surface area contributed by atoms with Gasteiger partial charge in [-0.3, -0.25) is 0 Å². The van der Waals surface area contributed by atoms with Crippen molar-refractivity contribution in [2.24, 2.45) is 0 Å². The van der Waals surface area contributed by atoms with Gasteiger partial charge in [0, 0.05) is 30.4 Å². The van der Waals surface area contributed by atoms with Gasteiger partial charge in [-0.25, -0.2) is 13.9 Å². The zero-order valence-electron chi connectivity index (χ0n) is 18.9. The van der Waals surface area contributed by atoms with Crippen LogP contribution in [0, 0.1) is 17.1 Å². The Labute approximate surface area is 197 Å². The SMILES string of the molecule is CCOC(=O)COC1CCN(c2ccc(-n3nc(N)cc3-c3ccc(C#N)c(F)c3)cc2)CC1. The van der Waals surface area contributed by atoms with Crippen LogP contribution in [0.1, 0.15) is 25.3 Å². The van der Waals surface area contributed by atoms with Crippen LogP contribution in [0.4, 0.5) is 15.9 Å². The van der Waals surface area contributed by atoms with E-state index in [0.717, 1.165) is 37.3 Å². The molecule has 2 aromatic carbocycles. The van der Waals surface area contributed by atoms with Gasteiger partial charge in [0.15, 0.2) is 0 Å². The van der Waals surface area contributed by atoms with Gasteiger partial charge in [-0.1, -0.05) is 6.07 Å². The normalized spacial score (nSPS) is 14.1. The Bertz CT molecular complexity index is 1190. The van der Waals surface area contributed by atoms with Gasteiger partial charge in [0.2, 0.25) is 0 Å². The summed E-state index contributed by atoms with van der Waals surface area (Å²) in [4.78, 5) is 13.7. The summed E-state index contributed by atoms with van der Waals surface area (Å²) in [5.41, 5.74) is 8.99. The van der Waals surface area contributed by atoms with Crippen molar-refractivity contribution in [1.82, 2.24) is 9.78 Å². The average Bonchev–Trinajstić information content (AvgIpc) is 3.25. The van der Waals surface area contributed by atoms with Crippen molar-refractivity contribution in [3.8, 4) is 23.0 Å². The fraction of sp³-hybridized carbons (Fsp3) is 0.320. The van der Waals surface area contributed by atoms with E-state index in [1.807, 2.05) is 30.3 Å². The summed E-state index contributed by atoms with van der Waals surface area (Å²) in [7, 11) is 0. The number of nitrogens with zero attached hydrogens (tertiary/aromatic N) is 4. The summed E-state index contributed by atoms with van der Waals surface area (Å²) in [6.07, 6.45) is 1.69. The van der Waals surface area contributed by atoms with Crippen LogP contribution in [0.3, 0.4) is 0 Å². The van der Waals surface area contributed by atoms with Crippen molar-refractivity contribution in [3.63, 3.8) is 0 Å². The molecule has 9 heteroatoms. The molecule has 1 aliphatic rings. The van der Waals surface area contributed by atoms with Crippen LogP contribution >= 0.6 is 0 Å². The van der Waals surface area contributed by atoms with Gasteiger partial charge in [-0.2, -0.15) is 10.4 Å². The topological polar surface area (TPSA) is 106 Å². The molecule has 0 bridgehead atoms. The average molecular weight is 464 g/mol. The number of carbonyl (C=O) groups excluding carboxylic acids is 1. The fourth-order valence-corrected chi connectivity index (χ4v) is 4.04. The van der Waals surface area contributed by atoms with E-state index in [4.69, 9.17) is 20.5 Å². The number of nitrogen functional groups attached to an aromatic ring is 1. The third-order valence-electron chi connectivity index (χ3n) is 5.76. The summed E-state index contributed by atoms with van der Waals surface area (Å²) in [6, 6.07) is 15.8. The standard InChI is InChI=1S/C25H26FN5O3/c1-2-33-25(32)16-34-21-9-11-30(12-10-21)19-5-7-20(8-6-19)31-23(14-24(28)29-31)17-3-4-18(15-27)22(26)13-17/h3-8,13-14,21H,2,9-12,16H2,1H3,(H2,28,29). The highest BCUT2D eigenvalue weighted by atomic mass is 19.1. The van der Waals surface area contributed by atoms with Crippen LogP contribution in [-0.2, 0) is 14.3 Å². The molecule has 1 aromatic heterocycles. The number of nitrogens with two attached hydrogens (primary N) is 1. The minimum Gasteiger partial charge on any atom is -0.464 e. The van der Waals surface area contributed by atoms with Crippen molar-refractivity contribution >= 4 is 17.5 Å². The molecule has 0 aliphatic carbocycles. The maximum absolute atomic E-state index is 14.2. The highest BCUT2D eigenvalue weighted by molar-refractivity contribution is 5.70. The molecule has 0 spiro atoms. The van der Waals surface area contributed by atoms with Gasteiger partial charge in [0.25, 0.3) is 0 Å². The lowest BCUT2D eigenvalue weighted by Gasteiger charge is -2.33. The number of hydrogen-bond acceptors (Lipinski definition) is 7. The minimum absolute atomic E-state index is 0.00826. The van der Waals surface area contributed by atoms with E-state index in [9.17, 15) is 9.18 Å². The quantitative estimate of drug-likeness (QED) is 0.533. The molecular weight excluding hydrogens is 437 g/mol. The first-order chi connectivity index (χ1) is 16.5. The summed E-state index contributed by atoms with van der Waals surface area (Å²) in [5.74, 6) is -0.604. The highest BCUT2D eigenvalue weighted by Crippen LogP contribution is 2.28. The molecule has 0 radical (unpaired) electrons. The summed E-state index contributed by atoms with van der Waals surface area (Å²) in [6.45, 7) is 3.75. The van der Waals surface area contributed by atoms with E-state index >= 15 is 0 Å². The molecule has 34 heavy (non-hydrogen) atoms. The Balaban J connectivity index is 1.44. The largest absolute Gasteiger partial charge is 0.464 e. The van der Waals surface area contributed by atoms with E-state index in [-0.39, 0.29) is 24.2 Å². The van der Waals surface area contributed by atoms with Crippen LogP contribution in [-0.4, -0.2) is 48.2 Å². The van der Waals surface area contributed by atoms with Gasteiger partial charge >= 0.3 is 5.97 Å². The number of rotatable bonds is 7. The second-order valence-corrected chi connectivity index (χ2v) is 7.99. The predicted octanol–water partition coefficient (Wildman–Crippen LogP) is 3.68. The molecule has 0 saturated carbocycles. The van der Waals surface area contributed by atoms with Crippen molar-refractivity contribution < 1.29 is 18.7 Å². The molecule has 2 N–H and O–H groups in total.